The number of halogens is 1. The summed E-state index contributed by atoms with van der Waals surface area (Å²) in [6.07, 6.45) is 1.57. The number of rotatable bonds is 11. The Labute approximate surface area is 208 Å². The third-order valence-corrected chi connectivity index (χ3v) is 6.70. The van der Waals surface area contributed by atoms with Crippen LogP contribution in [-0.4, -0.2) is 43.1 Å². The standard InChI is InChI=1S/C25H25FN4O5S/c1-17(30-36(34,35)21-12-10-19(26)11-13-21)24(32)29-22(15-18-7-3-2-4-8-18)23(31)25(33)28-16-20-9-5-6-14-27-20/h2-14,17,22,30H,15-16H2,1H3,(H,28,33)(H,29,32). The summed E-state index contributed by atoms with van der Waals surface area (Å²) in [5.41, 5.74) is 1.24. The second-order valence-electron chi connectivity index (χ2n) is 7.92. The van der Waals surface area contributed by atoms with Gasteiger partial charge in [0.05, 0.1) is 23.2 Å². The molecule has 0 aliphatic heterocycles. The number of pyridine rings is 1. The summed E-state index contributed by atoms with van der Waals surface area (Å²) < 4.78 is 40.4. The molecule has 0 saturated heterocycles. The minimum absolute atomic E-state index is 0.0137. The fourth-order valence-electron chi connectivity index (χ4n) is 3.24. The molecule has 3 N–H and O–H groups in total. The third kappa shape index (κ3) is 7.52. The van der Waals surface area contributed by atoms with Crippen molar-refractivity contribution in [1.82, 2.24) is 20.3 Å². The number of sulfonamides is 1. The van der Waals surface area contributed by atoms with Crippen molar-refractivity contribution in [2.45, 2.75) is 36.9 Å². The topological polar surface area (TPSA) is 134 Å². The van der Waals surface area contributed by atoms with E-state index in [1.165, 1.54) is 6.92 Å². The van der Waals surface area contributed by atoms with Crippen LogP contribution in [0.1, 0.15) is 18.2 Å². The number of hydrogen-bond acceptors (Lipinski definition) is 6. The first kappa shape index (κ1) is 26.6. The number of ketones is 1. The molecule has 2 amide bonds. The average molecular weight is 513 g/mol. The number of nitrogens with zero attached hydrogens (tertiary/aromatic N) is 1. The third-order valence-electron chi connectivity index (χ3n) is 5.14. The van der Waals surface area contributed by atoms with Crippen molar-refractivity contribution in [2.75, 3.05) is 0 Å². The average Bonchev–Trinajstić information content (AvgIpc) is 2.87. The van der Waals surface area contributed by atoms with Gasteiger partial charge in [0.25, 0.3) is 5.91 Å². The molecule has 1 heterocycles. The van der Waals surface area contributed by atoms with Gasteiger partial charge in [0.1, 0.15) is 11.9 Å². The van der Waals surface area contributed by atoms with E-state index in [-0.39, 0.29) is 17.9 Å². The maximum absolute atomic E-state index is 13.1. The van der Waals surface area contributed by atoms with E-state index in [1.807, 2.05) is 0 Å². The smallest absolute Gasteiger partial charge is 0.289 e. The fraction of sp³-hybridized carbons (Fsp3) is 0.200. The van der Waals surface area contributed by atoms with Crippen molar-refractivity contribution in [1.29, 1.82) is 0 Å². The van der Waals surface area contributed by atoms with Crippen LogP contribution in [0, 0.1) is 5.82 Å². The number of carbonyl (C=O) groups excluding carboxylic acids is 3. The van der Waals surface area contributed by atoms with Gasteiger partial charge in [-0.1, -0.05) is 36.4 Å². The first-order valence-electron chi connectivity index (χ1n) is 11.0. The van der Waals surface area contributed by atoms with Crippen LogP contribution in [-0.2, 0) is 37.4 Å². The maximum Gasteiger partial charge on any atom is 0.289 e. The van der Waals surface area contributed by atoms with Gasteiger partial charge in [-0.3, -0.25) is 19.4 Å². The molecule has 2 unspecified atom stereocenters. The molecule has 0 aliphatic rings. The second-order valence-corrected chi connectivity index (χ2v) is 9.63. The molecule has 36 heavy (non-hydrogen) atoms. The van der Waals surface area contributed by atoms with Gasteiger partial charge >= 0.3 is 0 Å². The molecule has 0 spiro atoms. The molecule has 2 aromatic carbocycles. The Morgan fingerprint density at radius 1 is 0.944 bits per heavy atom. The van der Waals surface area contributed by atoms with E-state index >= 15 is 0 Å². The van der Waals surface area contributed by atoms with Crippen LogP contribution < -0.4 is 15.4 Å². The second kappa shape index (κ2) is 12.1. The summed E-state index contributed by atoms with van der Waals surface area (Å²) in [4.78, 5) is 42.2. The Kier molecular flexibility index (Phi) is 8.98. The summed E-state index contributed by atoms with van der Waals surface area (Å²) in [5, 5.41) is 4.96. The van der Waals surface area contributed by atoms with Gasteiger partial charge in [-0.15, -0.1) is 0 Å². The predicted molar refractivity (Wildman–Crippen MR) is 129 cm³/mol. The Morgan fingerprint density at radius 2 is 1.61 bits per heavy atom. The Balaban J connectivity index is 1.70. The molecular formula is C25H25FN4O5S. The summed E-state index contributed by atoms with van der Waals surface area (Å²) in [7, 11) is -4.14. The summed E-state index contributed by atoms with van der Waals surface area (Å²) in [6, 6.07) is 15.4. The first-order chi connectivity index (χ1) is 17.2. The van der Waals surface area contributed by atoms with Crippen molar-refractivity contribution >= 4 is 27.6 Å². The minimum Gasteiger partial charge on any atom is -0.344 e. The zero-order chi connectivity index (χ0) is 26.1. The molecule has 0 aliphatic carbocycles. The molecule has 0 radical (unpaired) electrons. The molecule has 188 valence electrons. The molecule has 11 heteroatoms. The van der Waals surface area contributed by atoms with Gasteiger partial charge in [0.15, 0.2) is 0 Å². The highest BCUT2D eigenvalue weighted by molar-refractivity contribution is 7.89. The van der Waals surface area contributed by atoms with Gasteiger partial charge in [-0.25, -0.2) is 12.8 Å². The Bertz CT molecular complexity index is 1300. The summed E-state index contributed by atoms with van der Waals surface area (Å²) in [5.74, 6) is -3.23. The van der Waals surface area contributed by atoms with Crippen LogP contribution in [0.2, 0.25) is 0 Å². The Hall–Kier alpha value is -3.96. The lowest BCUT2D eigenvalue weighted by molar-refractivity contribution is -0.140. The fourth-order valence-corrected chi connectivity index (χ4v) is 4.45. The summed E-state index contributed by atoms with van der Waals surface area (Å²) >= 11 is 0. The number of amides is 2. The molecule has 2 atom stereocenters. The van der Waals surface area contributed by atoms with E-state index < -0.39 is 45.5 Å². The van der Waals surface area contributed by atoms with Crippen molar-refractivity contribution in [3.63, 3.8) is 0 Å². The van der Waals surface area contributed by atoms with Crippen LogP contribution >= 0.6 is 0 Å². The highest BCUT2D eigenvalue weighted by Crippen LogP contribution is 2.11. The molecule has 3 aromatic rings. The van der Waals surface area contributed by atoms with Crippen molar-refractivity contribution in [2.24, 2.45) is 0 Å². The molecule has 3 rings (SSSR count). The van der Waals surface area contributed by atoms with Crippen LogP contribution in [0.25, 0.3) is 0 Å². The van der Waals surface area contributed by atoms with Gasteiger partial charge < -0.3 is 10.6 Å². The first-order valence-corrected chi connectivity index (χ1v) is 12.5. The van der Waals surface area contributed by atoms with Gasteiger partial charge in [-0.2, -0.15) is 4.72 Å². The summed E-state index contributed by atoms with van der Waals surface area (Å²) in [6.45, 7) is 1.31. The largest absolute Gasteiger partial charge is 0.344 e. The molecule has 0 saturated carbocycles. The van der Waals surface area contributed by atoms with Crippen LogP contribution in [0.5, 0.6) is 0 Å². The zero-order valence-corrected chi connectivity index (χ0v) is 20.2. The van der Waals surface area contributed by atoms with Crippen molar-refractivity contribution in [3.8, 4) is 0 Å². The number of benzene rings is 2. The molecular weight excluding hydrogens is 487 g/mol. The number of aromatic nitrogens is 1. The lowest BCUT2D eigenvalue weighted by Gasteiger charge is -2.21. The van der Waals surface area contributed by atoms with Gasteiger partial charge in [-0.05, 0) is 48.9 Å². The lowest BCUT2D eigenvalue weighted by atomic mass is 10.0. The van der Waals surface area contributed by atoms with Crippen molar-refractivity contribution < 1.29 is 27.2 Å². The maximum atomic E-state index is 13.1. The van der Waals surface area contributed by atoms with Crippen LogP contribution in [0.15, 0.2) is 83.9 Å². The van der Waals surface area contributed by atoms with Crippen LogP contribution in [0.3, 0.4) is 0 Å². The normalized spacial score (nSPS) is 12.8. The monoisotopic (exact) mass is 512 g/mol. The van der Waals surface area contributed by atoms with E-state index in [0.29, 0.717) is 11.3 Å². The quantitative estimate of drug-likeness (QED) is 0.334. The van der Waals surface area contributed by atoms with Crippen molar-refractivity contribution in [3.05, 3.63) is 96.1 Å². The van der Waals surface area contributed by atoms with E-state index in [2.05, 4.69) is 20.3 Å². The minimum atomic E-state index is -4.14. The van der Waals surface area contributed by atoms with Gasteiger partial charge in [0, 0.05) is 12.6 Å². The highest BCUT2D eigenvalue weighted by atomic mass is 32.2. The zero-order valence-electron chi connectivity index (χ0n) is 19.3. The molecule has 1 aromatic heterocycles. The molecule has 0 fully saturated rings. The number of nitrogens with one attached hydrogen (secondary N) is 3. The molecule has 9 nitrogen and oxygen atoms in total. The van der Waals surface area contributed by atoms with E-state index in [1.54, 1.807) is 54.7 Å². The van der Waals surface area contributed by atoms with E-state index in [0.717, 1.165) is 24.3 Å². The lowest BCUT2D eigenvalue weighted by Crippen LogP contribution is -2.53. The Morgan fingerprint density at radius 3 is 2.25 bits per heavy atom. The SMILES string of the molecule is CC(NS(=O)(=O)c1ccc(F)cc1)C(=O)NC(Cc1ccccc1)C(=O)C(=O)NCc1ccccn1. The number of carbonyl (C=O) groups is 3. The van der Waals surface area contributed by atoms with Gasteiger partial charge in [0.2, 0.25) is 21.7 Å². The predicted octanol–water partition coefficient (Wildman–Crippen LogP) is 1.50. The highest BCUT2D eigenvalue weighted by Gasteiger charge is 2.30. The van der Waals surface area contributed by atoms with Crippen LogP contribution in [0.4, 0.5) is 4.39 Å². The van der Waals surface area contributed by atoms with E-state index in [4.69, 9.17) is 0 Å². The number of hydrogen-bond donors (Lipinski definition) is 3. The number of Topliss-reactive ketones (excluding diaryl/α,β-unsaturated/α-hetero) is 1. The van der Waals surface area contributed by atoms with E-state index in [9.17, 15) is 27.2 Å². The molecule has 0 bridgehead atoms.